The maximum atomic E-state index is 12.7. The Morgan fingerprint density at radius 1 is 0.917 bits per heavy atom. The minimum absolute atomic E-state index is 0.0308. The molecule has 0 aliphatic carbocycles. The van der Waals surface area contributed by atoms with Gasteiger partial charge in [0.2, 0.25) is 5.75 Å². The van der Waals surface area contributed by atoms with Crippen LogP contribution in [0.15, 0.2) is 65.1 Å². The lowest BCUT2D eigenvalue weighted by molar-refractivity contribution is 0.104. The van der Waals surface area contributed by atoms with Crippen LogP contribution in [0.2, 0.25) is 0 Å². The number of aromatic nitrogens is 1. The number of carbonyl (C=O) groups is 1. The number of rotatable bonds is 8. The third-order valence-corrected chi connectivity index (χ3v) is 5.79. The zero-order chi connectivity index (χ0) is 25.9. The molecule has 1 heterocycles. The molecular formula is C29H30N2O5. The summed E-state index contributed by atoms with van der Waals surface area (Å²) in [7, 11) is 4.65. The first-order valence-electron chi connectivity index (χ1n) is 11.5. The summed E-state index contributed by atoms with van der Waals surface area (Å²) in [5.74, 6) is 1.41. The zero-order valence-corrected chi connectivity index (χ0v) is 21.3. The summed E-state index contributed by atoms with van der Waals surface area (Å²) in [4.78, 5) is 17.3. The molecule has 1 aromatic heterocycles. The van der Waals surface area contributed by atoms with Gasteiger partial charge in [0.05, 0.1) is 21.3 Å². The molecule has 36 heavy (non-hydrogen) atoms. The summed E-state index contributed by atoms with van der Waals surface area (Å²) in [6.45, 7) is 6.49. The SMILES string of the molecule is COc1cc(/C=C/C(=O)c2ccc(Nc3nc4cc(C(C)(C)C)ccc4o3)cc2)cc(OC)c1OC. The van der Waals surface area contributed by atoms with Crippen LogP contribution in [0.1, 0.15) is 42.3 Å². The lowest BCUT2D eigenvalue weighted by Crippen LogP contribution is -2.10. The van der Waals surface area contributed by atoms with Crippen molar-refractivity contribution in [2.24, 2.45) is 0 Å². The standard InChI is InChI=1S/C29H30N2O5/c1-29(2,3)20-10-14-24-22(17-20)31-28(36-24)30-21-11-8-19(9-12-21)23(32)13-7-18-15-25(33-4)27(35-6)26(16-18)34-5/h7-17H,1-6H3,(H,30,31)/b13-7+. The smallest absolute Gasteiger partial charge is 0.300 e. The van der Waals surface area contributed by atoms with Crippen molar-refractivity contribution in [2.75, 3.05) is 26.6 Å². The Morgan fingerprint density at radius 2 is 1.58 bits per heavy atom. The summed E-state index contributed by atoms with van der Waals surface area (Å²) in [5, 5.41) is 3.16. The molecule has 7 nitrogen and oxygen atoms in total. The van der Waals surface area contributed by atoms with E-state index < -0.39 is 0 Å². The highest BCUT2D eigenvalue weighted by Gasteiger charge is 2.16. The molecule has 0 atom stereocenters. The van der Waals surface area contributed by atoms with Crippen LogP contribution in [0.3, 0.4) is 0 Å². The number of ether oxygens (including phenoxy) is 3. The number of methoxy groups -OCH3 is 3. The van der Waals surface area contributed by atoms with Gasteiger partial charge in [-0.2, -0.15) is 4.98 Å². The minimum Gasteiger partial charge on any atom is -0.493 e. The Hall–Kier alpha value is -4.26. The second-order valence-electron chi connectivity index (χ2n) is 9.31. The zero-order valence-electron chi connectivity index (χ0n) is 21.3. The van der Waals surface area contributed by atoms with Crippen LogP contribution in [-0.4, -0.2) is 32.1 Å². The molecule has 0 unspecified atom stereocenters. The van der Waals surface area contributed by atoms with Crippen molar-refractivity contribution in [1.82, 2.24) is 4.98 Å². The minimum atomic E-state index is -0.133. The van der Waals surface area contributed by atoms with Crippen molar-refractivity contribution < 1.29 is 23.4 Å². The van der Waals surface area contributed by atoms with Gasteiger partial charge in [0.15, 0.2) is 22.9 Å². The second-order valence-corrected chi connectivity index (χ2v) is 9.31. The number of nitrogens with zero attached hydrogens (tertiary/aromatic N) is 1. The number of fused-ring (bicyclic) bond motifs is 1. The third-order valence-electron chi connectivity index (χ3n) is 5.79. The van der Waals surface area contributed by atoms with Gasteiger partial charge < -0.3 is 23.9 Å². The summed E-state index contributed by atoms with van der Waals surface area (Å²) in [6.07, 6.45) is 3.22. The molecule has 0 bridgehead atoms. The number of carbonyl (C=O) groups excluding carboxylic acids is 1. The molecule has 0 radical (unpaired) electrons. The van der Waals surface area contributed by atoms with Crippen molar-refractivity contribution in [2.45, 2.75) is 26.2 Å². The van der Waals surface area contributed by atoms with E-state index in [1.165, 1.54) is 11.6 Å². The van der Waals surface area contributed by atoms with Gasteiger partial charge in [-0.3, -0.25) is 4.79 Å². The fourth-order valence-electron chi connectivity index (χ4n) is 3.75. The largest absolute Gasteiger partial charge is 0.493 e. The Balaban J connectivity index is 1.47. The summed E-state index contributed by atoms with van der Waals surface area (Å²) >= 11 is 0. The predicted molar refractivity (Wildman–Crippen MR) is 142 cm³/mol. The molecule has 3 aromatic carbocycles. The molecule has 0 aliphatic rings. The molecule has 7 heteroatoms. The Morgan fingerprint density at radius 3 is 2.17 bits per heavy atom. The van der Waals surface area contributed by atoms with Gasteiger partial charge in [-0.05, 0) is 71.1 Å². The third kappa shape index (κ3) is 5.35. The second kappa shape index (κ2) is 10.2. The number of anilines is 2. The molecule has 1 N–H and O–H groups in total. The Bertz CT molecular complexity index is 1390. The van der Waals surface area contributed by atoms with E-state index in [0.29, 0.717) is 34.4 Å². The molecule has 4 aromatic rings. The highest BCUT2D eigenvalue weighted by molar-refractivity contribution is 6.07. The van der Waals surface area contributed by atoms with Crippen LogP contribution in [-0.2, 0) is 5.41 Å². The first-order valence-corrected chi connectivity index (χ1v) is 11.5. The van der Waals surface area contributed by atoms with Gasteiger partial charge in [0.25, 0.3) is 6.01 Å². The topological polar surface area (TPSA) is 82.8 Å². The lowest BCUT2D eigenvalue weighted by Gasteiger charge is -2.18. The van der Waals surface area contributed by atoms with E-state index in [9.17, 15) is 4.79 Å². The van der Waals surface area contributed by atoms with Crippen LogP contribution in [0, 0.1) is 0 Å². The first-order chi connectivity index (χ1) is 17.2. The molecule has 0 amide bonds. The van der Waals surface area contributed by atoms with Crippen molar-refractivity contribution in [1.29, 1.82) is 0 Å². The summed E-state index contributed by atoms with van der Waals surface area (Å²) < 4.78 is 21.9. The molecule has 0 aliphatic heterocycles. The number of hydrogen-bond donors (Lipinski definition) is 1. The van der Waals surface area contributed by atoms with E-state index in [2.05, 4.69) is 37.1 Å². The number of allylic oxidation sites excluding steroid dienone is 1. The van der Waals surface area contributed by atoms with E-state index in [0.717, 1.165) is 16.8 Å². The molecule has 0 fully saturated rings. The normalized spacial score (nSPS) is 11.6. The van der Waals surface area contributed by atoms with Crippen LogP contribution < -0.4 is 19.5 Å². The van der Waals surface area contributed by atoms with Gasteiger partial charge in [-0.25, -0.2) is 0 Å². The average Bonchev–Trinajstić information content (AvgIpc) is 3.28. The first kappa shape index (κ1) is 24.9. The van der Waals surface area contributed by atoms with E-state index >= 15 is 0 Å². The molecule has 0 spiro atoms. The van der Waals surface area contributed by atoms with Crippen LogP contribution in [0.4, 0.5) is 11.7 Å². The van der Waals surface area contributed by atoms with Gasteiger partial charge >= 0.3 is 0 Å². The number of hydrogen-bond acceptors (Lipinski definition) is 7. The van der Waals surface area contributed by atoms with E-state index in [1.807, 2.05) is 24.3 Å². The molecule has 186 valence electrons. The van der Waals surface area contributed by atoms with E-state index in [-0.39, 0.29) is 11.2 Å². The number of ketones is 1. The van der Waals surface area contributed by atoms with Gasteiger partial charge in [0.1, 0.15) is 5.52 Å². The van der Waals surface area contributed by atoms with Gasteiger partial charge in [0, 0.05) is 11.3 Å². The maximum Gasteiger partial charge on any atom is 0.300 e. The highest BCUT2D eigenvalue weighted by Crippen LogP contribution is 2.38. The number of benzene rings is 3. The number of oxazole rings is 1. The molecular weight excluding hydrogens is 456 g/mol. The molecule has 0 saturated heterocycles. The average molecular weight is 487 g/mol. The highest BCUT2D eigenvalue weighted by atomic mass is 16.5. The van der Waals surface area contributed by atoms with Gasteiger partial charge in [-0.1, -0.05) is 32.9 Å². The summed E-state index contributed by atoms with van der Waals surface area (Å²) in [5.41, 5.74) is 4.81. The van der Waals surface area contributed by atoms with Crippen LogP contribution in [0.5, 0.6) is 17.2 Å². The fraction of sp³-hybridized carbons (Fsp3) is 0.241. The molecule has 0 saturated carbocycles. The predicted octanol–water partition coefficient (Wildman–Crippen LogP) is 6.79. The molecule has 4 rings (SSSR count). The monoisotopic (exact) mass is 486 g/mol. The number of nitrogens with one attached hydrogen (secondary N) is 1. The Kier molecular flexibility index (Phi) is 7.01. The van der Waals surface area contributed by atoms with E-state index in [4.69, 9.17) is 18.6 Å². The lowest BCUT2D eigenvalue weighted by atomic mass is 9.87. The van der Waals surface area contributed by atoms with Crippen molar-refractivity contribution in [3.8, 4) is 17.2 Å². The maximum absolute atomic E-state index is 12.7. The quantitative estimate of drug-likeness (QED) is 0.217. The van der Waals surface area contributed by atoms with E-state index in [1.54, 1.807) is 51.7 Å². The Labute approximate surface area is 210 Å². The van der Waals surface area contributed by atoms with Crippen molar-refractivity contribution in [3.05, 3.63) is 77.4 Å². The van der Waals surface area contributed by atoms with Crippen molar-refractivity contribution in [3.63, 3.8) is 0 Å². The summed E-state index contributed by atoms with van der Waals surface area (Å²) in [6, 6.07) is 17.1. The van der Waals surface area contributed by atoms with Crippen molar-refractivity contribution >= 4 is 34.7 Å². The van der Waals surface area contributed by atoms with Crippen LogP contribution in [0.25, 0.3) is 17.2 Å². The van der Waals surface area contributed by atoms with Crippen LogP contribution >= 0.6 is 0 Å². The fourth-order valence-corrected chi connectivity index (χ4v) is 3.75. The van der Waals surface area contributed by atoms with Gasteiger partial charge in [-0.15, -0.1) is 0 Å².